The van der Waals surface area contributed by atoms with Crippen LogP contribution < -0.4 is 0 Å². The fraction of sp³-hybridized carbons (Fsp3) is 0.500. The topological polar surface area (TPSA) is 61.8 Å². The molecular weight excluding hydrogens is 320 g/mol. The van der Waals surface area contributed by atoms with Crippen molar-refractivity contribution in [2.75, 3.05) is 7.11 Å². The van der Waals surface area contributed by atoms with E-state index in [4.69, 9.17) is 14.2 Å². The minimum atomic E-state index is -0.812. The highest BCUT2D eigenvalue weighted by atomic mass is 16.7. The number of cyclic esters (lactones) is 1. The third-order valence-electron chi connectivity index (χ3n) is 4.65. The minimum Gasteiger partial charge on any atom is -0.465 e. The number of ether oxygens (including phenoxy) is 3. The van der Waals surface area contributed by atoms with Crippen LogP contribution in [0.1, 0.15) is 47.0 Å². The molecule has 1 aliphatic carbocycles. The van der Waals surface area contributed by atoms with Gasteiger partial charge in [-0.1, -0.05) is 25.5 Å². The van der Waals surface area contributed by atoms with Gasteiger partial charge in [-0.15, -0.1) is 0 Å². The second-order valence-corrected chi connectivity index (χ2v) is 7.09. The summed E-state index contributed by atoms with van der Waals surface area (Å²) in [5.74, 6) is -0.925. The van der Waals surface area contributed by atoms with Gasteiger partial charge in [0.1, 0.15) is 6.26 Å². The molecule has 0 amide bonds. The first kappa shape index (κ1) is 19.0. The van der Waals surface area contributed by atoms with Gasteiger partial charge < -0.3 is 14.2 Å². The highest BCUT2D eigenvalue weighted by Gasteiger charge is 2.27. The van der Waals surface area contributed by atoms with Gasteiger partial charge in [-0.3, -0.25) is 0 Å². The monoisotopic (exact) mass is 346 g/mol. The zero-order valence-corrected chi connectivity index (χ0v) is 15.5. The number of hydrogen-bond donors (Lipinski definition) is 0. The van der Waals surface area contributed by atoms with Crippen LogP contribution in [-0.2, 0) is 23.8 Å². The van der Waals surface area contributed by atoms with E-state index in [0.29, 0.717) is 5.57 Å². The number of allylic oxidation sites excluding steroid dienone is 3. The van der Waals surface area contributed by atoms with Gasteiger partial charge in [0.15, 0.2) is 0 Å². The normalized spacial score (nSPS) is 23.6. The Balaban J connectivity index is 2.19. The van der Waals surface area contributed by atoms with Gasteiger partial charge in [-0.2, -0.15) is 0 Å². The molecule has 0 saturated carbocycles. The summed E-state index contributed by atoms with van der Waals surface area (Å²) in [6, 6.07) is 0. The van der Waals surface area contributed by atoms with Crippen LogP contribution in [-0.4, -0.2) is 25.3 Å². The Labute approximate surface area is 149 Å². The zero-order chi connectivity index (χ0) is 18.6. The first-order valence-electron chi connectivity index (χ1n) is 8.46. The molecule has 0 aromatic carbocycles. The summed E-state index contributed by atoms with van der Waals surface area (Å²) in [5, 5.41) is 0. The van der Waals surface area contributed by atoms with Crippen molar-refractivity contribution in [1.82, 2.24) is 0 Å². The maximum Gasteiger partial charge on any atom is 0.340 e. The molecule has 0 N–H and O–H groups in total. The lowest BCUT2D eigenvalue weighted by atomic mass is 9.72. The first-order chi connectivity index (χ1) is 11.7. The maximum atomic E-state index is 12.0. The average Bonchev–Trinajstić information content (AvgIpc) is 2.86. The number of carbonyl (C=O) groups excluding carboxylic acids is 2. The highest BCUT2D eigenvalue weighted by Crippen LogP contribution is 2.40. The third-order valence-corrected chi connectivity index (χ3v) is 4.65. The van der Waals surface area contributed by atoms with E-state index in [9.17, 15) is 9.59 Å². The summed E-state index contributed by atoms with van der Waals surface area (Å²) in [7, 11) is 1.32. The summed E-state index contributed by atoms with van der Waals surface area (Å²) in [5.41, 5.74) is 3.39. The van der Waals surface area contributed by atoms with Crippen molar-refractivity contribution in [3.8, 4) is 0 Å². The minimum absolute atomic E-state index is 0.0712. The third kappa shape index (κ3) is 4.62. The van der Waals surface area contributed by atoms with Crippen LogP contribution in [0.4, 0.5) is 0 Å². The maximum absolute atomic E-state index is 12.0. The fourth-order valence-corrected chi connectivity index (χ4v) is 3.17. The lowest BCUT2D eigenvalue weighted by Crippen LogP contribution is -2.19. The SMILES string of the molecule is COC(=O)C(C=CC1=C(C)CCCC1(C)C)=COC1C=C(C)C(=O)O1. The van der Waals surface area contributed by atoms with E-state index in [2.05, 4.69) is 20.8 Å². The molecule has 0 fully saturated rings. The van der Waals surface area contributed by atoms with E-state index >= 15 is 0 Å². The Kier molecular flexibility index (Phi) is 5.88. The molecule has 0 aromatic heterocycles. The smallest absolute Gasteiger partial charge is 0.340 e. The van der Waals surface area contributed by atoms with E-state index in [1.165, 1.54) is 30.9 Å². The molecule has 5 nitrogen and oxygen atoms in total. The molecule has 0 bridgehead atoms. The summed E-state index contributed by atoms with van der Waals surface area (Å²) < 4.78 is 15.2. The van der Waals surface area contributed by atoms with Crippen molar-refractivity contribution in [2.24, 2.45) is 5.41 Å². The zero-order valence-electron chi connectivity index (χ0n) is 15.5. The molecule has 0 radical (unpaired) electrons. The summed E-state index contributed by atoms with van der Waals surface area (Å²) in [6.45, 7) is 8.19. The molecule has 136 valence electrons. The van der Waals surface area contributed by atoms with Gasteiger partial charge in [-0.25, -0.2) is 9.59 Å². The highest BCUT2D eigenvalue weighted by molar-refractivity contribution is 5.91. The molecule has 25 heavy (non-hydrogen) atoms. The first-order valence-corrected chi connectivity index (χ1v) is 8.46. The lowest BCUT2D eigenvalue weighted by Gasteiger charge is -2.32. The van der Waals surface area contributed by atoms with Gasteiger partial charge in [-0.05, 0) is 50.2 Å². The van der Waals surface area contributed by atoms with Crippen molar-refractivity contribution < 1.29 is 23.8 Å². The predicted octanol–water partition coefficient (Wildman–Crippen LogP) is 3.97. The Morgan fingerprint density at radius 2 is 2.08 bits per heavy atom. The van der Waals surface area contributed by atoms with Crippen molar-refractivity contribution in [1.29, 1.82) is 0 Å². The van der Waals surface area contributed by atoms with Gasteiger partial charge in [0.25, 0.3) is 6.29 Å². The fourth-order valence-electron chi connectivity index (χ4n) is 3.17. The molecule has 1 heterocycles. The molecule has 1 atom stereocenters. The van der Waals surface area contributed by atoms with Crippen molar-refractivity contribution in [3.63, 3.8) is 0 Å². The van der Waals surface area contributed by atoms with Crippen LogP contribution in [0.3, 0.4) is 0 Å². The van der Waals surface area contributed by atoms with Crippen molar-refractivity contribution >= 4 is 11.9 Å². The number of hydrogen-bond acceptors (Lipinski definition) is 5. The van der Waals surface area contributed by atoms with E-state index in [1.807, 2.05) is 6.08 Å². The molecule has 2 rings (SSSR count). The largest absolute Gasteiger partial charge is 0.465 e. The predicted molar refractivity (Wildman–Crippen MR) is 94.3 cm³/mol. The van der Waals surface area contributed by atoms with Crippen LogP contribution in [0.25, 0.3) is 0 Å². The standard InChI is InChI=1S/C20H26O5/c1-13-7-6-10-20(3,4)16(13)9-8-15(19(22)23-5)12-24-17-11-14(2)18(21)25-17/h8-9,11-12,17H,6-7,10H2,1-5H3. The summed E-state index contributed by atoms with van der Waals surface area (Å²) in [4.78, 5) is 23.4. The Morgan fingerprint density at radius 1 is 1.36 bits per heavy atom. The van der Waals surface area contributed by atoms with E-state index in [1.54, 1.807) is 19.1 Å². The van der Waals surface area contributed by atoms with Crippen molar-refractivity contribution in [2.45, 2.75) is 53.2 Å². The number of methoxy groups -OCH3 is 1. The van der Waals surface area contributed by atoms with Crippen LogP contribution in [0, 0.1) is 5.41 Å². The average molecular weight is 346 g/mol. The summed E-state index contributed by atoms with van der Waals surface area (Å²) in [6.07, 6.45) is 9.05. The number of esters is 2. The van der Waals surface area contributed by atoms with E-state index in [-0.39, 0.29) is 11.0 Å². The van der Waals surface area contributed by atoms with Crippen LogP contribution in [0.15, 0.2) is 46.8 Å². The Morgan fingerprint density at radius 3 is 2.64 bits per heavy atom. The van der Waals surface area contributed by atoms with Crippen LogP contribution in [0.2, 0.25) is 0 Å². The molecule has 0 saturated heterocycles. The van der Waals surface area contributed by atoms with Crippen LogP contribution in [0.5, 0.6) is 0 Å². The molecule has 5 heteroatoms. The van der Waals surface area contributed by atoms with Crippen LogP contribution >= 0.6 is 0 Å². The van der Waals surface area contributed by atoms with E-state index in [0.717, 1.165) is 12.8 Å². The molecule has 0 spiro atoms. The molecular formula is C20H26O5. The molecule has 0 aromatic rings. The number of rotatable bonds is 5. The number of carbonyl (C=O) groups is 2. The van der Waals surface area contributed by atoms with Gasteiger partial charge in [0.2, 0.25) is 0 Å². The van der Waals surface area contributed by atoms with Crippen molar-refractivity contribution in [3.05, 3.63) is 46.8 Å². The van der Waals surface area contributed by atoms with Gasteiger partial charge in [0.05, 0.1) is 12.7 Å². The van der Waals surface area contributed by atoms with Gasteiger partial charge in [0, 0.05) is 11.6 Å². The summed E-state index contributed by atoms with van der Waals surface area (Å²) >= 11 is 0. The van der Waals surface area contributed by atoms with E-state index < -0.39 is 18.2 Å². The Hall–Kier alpha value is -2.30. The van der Waals surface area contributed by atoms with Gasteiger partial charge >= 0.3 is 11.9 Å². The second-order valence-electron chi connectivity index (χ2n) is 7.09. The quantitative estimate of drug-likeness (QED) is 0.326. The molecule has 1 aliphatic heterocycles. The molecule has 1 unspecified atom stereocenters. The molecule has 2 aliphatic rings. The lowest BCUT2D eigenvalue weighted by molar-refractivity contribution is -0.152. The Bertz CT molecular complexity index is 676. The second kappa shape index (κ2) is 7.72.